The predicted molar refractivity (Wildman–Crippen MR) is 149 cm³/mol. The summed E-state index contributed by atoms with van der Waals surface area (Å²) in [5.41, 5.74) is -0.608. The molecule has 3 aromatic rings. The van der Waals surface area contributed by atoms with Crippen LogP contribution in [-0.4, -0.2) is 82.6 Å². The van der Waals surface area contributed by atoms with Gasteiger partial charge in [-0.05, 0) is 50.2 Å². The second-order valence-electron chi connectivity index (χ2n) is 9.84. The number of nitrogens with one attached hydrogen (secondary N) is 1. The van der Waals surface area contributed by atoms with E-state index in [1.54, 1.807) is 4.90 Å². The molecule has 1 atom stereocenters. The van der Waals surface area contributed by atoms with Gasteiger partial charge in [0.15, 0.2) is 5.82 Å². The number of piperidine rings is 1. The molecule has 0 spiro atoms. The minimum atomic E-state index is -0.844. The third-order valence-corrected chi connectivity index (χ3v) is 7.75. The molecule has 3 heterocycles. The van der Waals surface area contributed by atoms with Gasteiger partial charge in [0.05, 0.1) is 10.6 Å². The topological polar surface area (TPSA) is 84.8 Å². The van der Waals surface area contributed by atoms with Crippen LogP contribution in [0.25, 0.3) is 22.0 Å². The first kappa shape index (κ1) is 27.1. The lowest BCUT2D eigenvalue weighted by atomic mass is 10.0. The van der Waals surface area contributed by atoms with Crippen LogP contribution in [0.4, 0.5) is 20.5 Å². The van der Waals surface area contributed by atoms with Gasteiger partial charge in [-0.1, -0.05) is 31.2 Å². The number of phenols is 1. The van der Waals surface area contributed by atoms with Crippen LogP contribution < -0.4 is 10.2 Å². The highest BCUT2D eigenvalue weighted by Crippen LogP contribution is 2.42. The Balaban J connectivity index is 1.61. The van der Waals surface area contributed by atoms with E-state index in [0.29, 0.717) is 37.4 Å². The predicted octanol–water partition coefficient (Wildman–Crippen LogP) is 4.66. The minimum Gasteiger partial charge on any atom is -0.507 e. The molecule has 2 fully saturated rings. The Hall–Kier alpha value is -3.50. The number of aromatic nitrogens is 2. The van der Waals surface area contributed by atoms with Gasteiger partial charge in [-0.2, -0.15) is 4.98 Å². The number of phenolic OH excluding ortho intramolecular Hbond substituents is 1. The van der Waals surface area contributed by atoms with E-state index >= 15 is 4.39 Å². The van der Waals surface area contributed by atoms with E-state index in [-0.39, 0.29) is 39.6 Å². The Morgan fingerprint density at radius 3 is 2.67 bits per heavy atom. The maximum Gasteiger partial charge on any atom is 0.246 e. The standard InChI is InChI=1S/C28H31ClF2N6O2/c1-3-22(39)36-11-13-37(14-12-36)27-18-15-19(29)23(24-20(30)8-5-9-21(24)38)25(31)26(18)33-28(34-27)32-17-7-6-10-35(4-2)16-17/h3,5,8-9,15,17,38H,1,4,6-7,10-14,16H2,2H3,(H,32,33,34). The summed E-state index contributed by atoms with van der Waals surface area (Å²) < 4.78 is 31.0. The summed E-state index contributed by atoms with van der Waals surface area (Å²) in [6, 6.07) is 5.35. The Bertz CT molecular complexity index is 1390. The van der Waals surface area contributed by atoms with Crippen LogP contribution in [0.15, 0.2) is 36.9 Å². The Kier molecular flexibility index (Phi) is 7.86. The van der Waals surface area contributed by atoms with Crippen molar-refractivity contribution < 1.29 is 18.7 Å². The molecule has 2 saturated heterocycles. The molecule has 1 amide bonds. The zero-order valence-electron chi connectivity index (χ0n) is 21.8. The highest BCUT2D eigenvalue weighted by molar-refractivity contribution is 6.34. The van der Waals surface area contributed by atoms with Crippen molar-refractivity contribution in [1.29, 1.82) is 0 Å². The van der Waals surface area contributed by atoms with Gasteiger partial charge in [0.1, 0.15) is 22.9 Å². The van der Waals surface area contributed by atoms with Gasteiger partial charge in [0.25, 0.3) is 0 Å². The number of likely N-dealkylation sites (N-methyl/N-ethyl adjacent to an activating group) is 1. The zero-order chi connectivity index (χ0) is 27.7. The second-order valence-corrected chi connectivity index (χ2v) is 10.2. The number of fused-ring (bicyclic) bond motifs is 1. The quantitative estimate of drug-likeness (QED) is 0.427. The first-order valence-corrected chi connectivity index (χ1v) is 13.5. The van der Waals surface area contributed by atoms with Crippen LogP contribution in [0, 0.1) is 11.6 Å². The van der Waals surface area contributed by atoms with Crippen molar-refractivity contribution in [3.63, 3.8) is 0 Å². The Labute approximate surface area is 230 Å². The van der Waals surface area contributed by atoms with E-state index in [0.717, 1.165) is 38.5 Å². The third kappa shape index (κ3) is 5.35. The summed E-state index contributed by atoms with van der Waals surface area (Å²) in [6.07, 6.45) is 3.23. The fraction of sp³-hybridized carbons (Fsp3) is 0.393. The van der Waals surface area contributed by atoms with Crippen molar-refractivity contribution in [2.45, 2.75) is 25.8 Å². The van der Waals surface area contributed by atoms with Crippen LogP contribution in [0.2, 0.25) is 5.02 Å². The van der Waals surface area contributed by atoms with Gasteiger partial charge in [-0.15, -0.1) is 0 Å². The first-order valence-electron chi connectivity index (χ1n) is 13.1. The molecule has 8 nitrogen and oxygen atoms in total. The van der Waals surface area contributed by atoms with Gasteiger partial charge in [-0.25, -0.2) is 13.8 Å². The highest BCUT2D eigenvalue weighted by Gasteiger charge is 2.28. The molecule has 2 aromatic carbocycles. The minimum absolute atomic E-state index is 0.0303. The third-order valence-electron chi connectivity index (χ3n) is 7.46. The maximum absolute atomic E-state index is 16.2. The van der Waals surface area contributed by atoms with Crippen LogP contribution in [0.3, 0.4) is 0 Å². The van der Waals surface area contributed by atoms with Gasteiger partial charge in [-0.3, -0.25) is 4.79 Å². The molecule has 2 N–H and O–H groups in total. The Morgan fingerprint density at radius 1 is 1.21 bits per heavy atom. The molecule has 2 aliphatic rings. The SMILES string of the molecule is C=CC(=O)N1CCN(c2nc(NC3CCCN(CC)C3)nc3c(F)c(-c4c(O)cccc4F)c(Cl)cc23)CC1. The lowest BCUT2D eigenvalue weighted by Crippen LogP contribution is -2.48. The largest absolute Gasteiger partial charge is 0.507 e. The zero-order valence-corrected chi connectivity index (χ0v) is 22.5. The average molecular weight is 557 g/mol. The lowest BCUT2D eigenvalue weighted by Gasteiger charge is -2.36. The molecule has 0 radical (unpaired) electrons. The van der Waals surface area contributed by atoms with Gasteiger partial charge in [0, 0.05) is 49.7 Å². The van der Waals surface area contributed by atoms with E-state index in [4.69, 9.17) is 16.6 Å². The van der Waals surface area contributed by atoms with Crippen LogP contribution >= 0.6 is 11.6 Å². The number of amides is 1. The van der Waals surface area contributed by atoms with Gasteiger partial charge < -0.3 is 25.1 Å². The molecule has 11 heteroatoms. The number of halogens is 3. The molecule has 206 valence electrons. The molecule has 1 aromatic heterocycles. The molecular weight excluding hydrogens is 526 g/mol. The maximum atomic E-state index is 16.2. The monoisotopic (exact) mass is 556 g/mol. The van der Waals surface area contributed by atoms with Crippen LogP contribution in [-0.2, 0) is 4.79 Å². The number of benzene rings is 2. The lowest BCUT2D eigenvalue weighted by molar-refractivity contribution is -0.126. The molecule has 0 bridgehead atoms. The summed E-state index contributed by atoms with van der Waals surface area (Å²) in [5.74, 6) is -1.48. The molecule has 0 aliphatic carbocycles. The van der Waals surface area contributed by atoms with Crippen molar-refractivity contribution in [1.82, 2.24) is 19.8 Å². The van der Waals surface area contributed by atoms with Crippen LogP contribution in [0.1, 0.15) is 19.8 Å². The number of anilines is 2. The molecule has 5 rings (SSSR count). The van der Waals surface area contributed by atoms with Crippen molar-refractivity contribution in [2.75, 3.05) is 56.0 Å². The van der Waals surface area contributed by atoms with Crippen molar-refractivity contribution in [3.05, 3.63) is 53.6 Å². The summed E-state index contributed by atoms with van der Waals surface area (Å²) in [4.78, 5) is 27.4. The fourth-order valence-corrected chi connectivity index (χ4v) is 5.67. The summed E-state index contributed by atoms with van der Waals surface area (Å²) in [6.45, 7) is 10.3. The number of carbonyl (C=O) groups is 1. The number of piperazine rings is 1. The van der Waals surface area contributed by atoms with E-state index in [9.17, 15) is 14.3 Å². The molecule has 2 aliphatic heterocycles. The second kappa shape index (κ2) is 11.3. The fourth-order valence-electron chi connectivity index (χ4n) is 5.39. The molecule has 1 unspecified atom stereocenters. The van der Waals surface area contributed by atoms with E-state index in [2.05, 4.69) is 28.7 Å². The first-order chi connectivity index (χ1) is 18.8. The van der Waals surface area contributed by atoms with E-state index < -0.39 is 17.4 Å². The number of nitrogens with zero attached hydrogens (tertiary/aromatic N) is 5. The number of hydrogen-bond donors (Lipinski definition) is 2. The molecule has 39 heavy (non-hydrogen) atoms. The van der Waals surface area contributed by atoms with Gasteiger partial charge in [0.2, 0.25) is 11.9 Å². The number of aromatic hydroxyl groups is 1. The normalized spacial score (nSPS) is 18.4. The van der Waals surface area contributed by atoms with Gasteiger partial charge >= 0.3 is 0 Å². The van der Waals surface area contributed by atoms with Crippen LogP contribution in [0.5, 0.6) is 5.75 Å². The smallest absolute Gasteiger partial charge is 0.246 e. The number of likely N-dealkylation sites (tertiary alicyclic amines) is 1. The molecular formula is C28H31ClF2N6O2. The summed E-state index contributed by atoms with van der Waals surface area (Å²) >= 11 is 6.53. The average Bonchev–Trinajstić information content (AvgIpc) is 2.94. The number of rotatable bonds is 6. The van der Waals surface area contributed by atoms with E-state index in [1.165, 1.54) is 24.3 Å². The molecule has 0 saturated carbocycles. The number of carbonyl (C=O) groups excluding carboxylic acids is 1. The van der Waals surface area contributed by atoms with Crippen molar-refractivity contribution in [2.24, 2.45) is 0 Å². The van der Waals surface area contributed by atoms with E-state index in [1.807, 2.05) is 4.90 Å². The van der Waals surface area contributed by atoms with Crippen molar-refractivity contribution in [3.8, 4) is 16.9 Å². The summed E-state index contributed by atoms with van der Waals surface area (Å²) in [5, 5.41) is 14.0. The summed E-state index contributed by atoms with van der Waals surface area (Å²) in [7, 11) is 0. The Morgan fingerprint density at radius 2 is 1.97 bits per heavy atom. The van der Waals surface area contributed by atoms with Crippen molar-refractivity contribution >= 4 is 40.2 Å². The highest BCUT2D eigenvalue weighted by atomic mass is 35.5. The number of hydrogen-bond acceptors (Lipinski definition) is 7.